The van der Waals surface area contributed by atoms with Crippen molar-refractivity contribution in [2.45, 2.75) is 13.8 Å². The van der Waals surface area contributed by atoms with Crippen molar-refractivity contribution in [1.29, 1.82) is 0 Å². The van der Waals surface area contributed by atoms with Crippen LogP contribution in [0.15, 0.2) is 53.3 Å². The molecule has 3 aromatic rings. The first kappa shape index (κ1) is 20.2. The van der Waals surface area contributed by atoms with Gasteiger partial charge in [-0.15, -0.1) is 0 Å². The first-order valence-corrected chi connectivity index (χ1v) is 9.30. The van der Waals surface area contributed by atoms with Crippen LogP contribution in [0.5, 0.6) is 0 Å². The molecule has 0 aliphatic carbocycles. The first-order chi connectivity index (χ1) is 13.9. The number of rotatable bonds is 6. The zero-order valence-corrected chi connectivity index (χ0v) is 17.1. The van der Waals surface area contributed by atoms with Crippen LogP contribution in [-0.2, 0) is 0 Å². The van der Waals surface area contributed by atoms with Gasteiger partial charge in [0.1, 0.15) is 6.33 Å². The summed E-state index contributed by atoms with van der Waals surface area (Å²) in [6, 6.07) is 12.5. The zero-order chi connectivity index (χ0) is 21.0. The number of benzene rings is 2. The molecule has 148 valence electrons. The summed E-state index contributed by atoms with van der Waals surface area (Å²) in [5, 5.41) is 14.6. The van der Waals surface area contributed by atoms with E-state index in [2.05, 4.69) is 42.1 Å². The Hall–Kier alpha value is -3.53. The highest BCUT2D eigenvalue weighted by Crippen LogP contribution is 2.31. The van der Waals surface area contributed by atoms with Gasteiger partial charge in [-0.25, -0.2) is 9.97 Å². The Morgan fingerprint density at radius 3 is 2.52 bits per heavy atom. The maximum Gasteiger partial charge on any atom is 0.355 e. The lowest BCUT2D eigenvalue weighted by atomic mass is 10.1. The summed E-state index contributed by atoms with van der Waals surface area (Å²) in [5.74, 6) is -0.610. The molecule has 0 unspecified atom stereocenters. The highest BCUT2D eigenvalue weighted by Gasteiger charge is 2.24. The number of amides is 1. The predicted molar refractivity (Wildman–Crippen MR) is 113 cm³/mol. The Labute approximate surface area is 174 Å². The Bertz CT molecular complexity index is 1090. The van der Waals surface area contributed by atoms with Crippen molar-refractivity contribution in [2.75, 3.05) is 10.7 Å². The summed E-state index contributed by atoms with van der Waals surface area (Å²) in [7, 11) is 0. The van der Waals surface area contributed by atoms with E-state index in [4.69, 9.17) is 0 Å². The van der Waals surface area contributed by atoms with Crippen LogP contribution in [0.4, 0.5) is 23.0 Å². The summed E-state index contributed by atoms with van der Waals surface area (Å²) in [6.45, 7) is 3.85. The van der Waals surface area contributed by atoms with Crippen LogP contribution in [0.25, 0.3) is 0 Å². The van der Waals surface area contributed by atoms with Crippen molar-refractivity contribution in [2.24, 2.45) is 0 Å². The van der Waals surface area contributed by atoms with Gasteiger partial charge < -0.3 is 5.32 Å². The molecule has 0 bridgehead atoms. The van der Waals surface area contributed by atoms with E-state index in [1.165, 1.54) is 6.33 Å². The van der Waals surface area contributed by atoms with Gasteiger partial charge in [-0.2, -0.15) is 0 Å². The molecule has 0 saturated carbocycles. The number of hydrogen-bond acceptors (Lipinski definition) is 7. The molecule has 0 saturated heterocycles. The lowest BCUT2D eigenvalue weighted by Gasteiger charge is -2.12. The molecular weight excluding hydrogens is 440 g/mol. The van der Waals surface area contributed by atoms with Crippen LogP contribution in [0.1, 0.15) is 21.5 Å². The van der Waals surface area contributed by atoms with Crippen LogP contribution in [0.3, 0.4) is 0 Å². The molecule has 0 spiro atoms. The van der Waals surface area contributed by atoms with Gasteiger partial charge in [0.05, 0.1) is 10.5 Å². The second-order valence-electron chi connectivity index (χ2n) is 6.18. The van der Waals surface area contributed by atoms with Crippen molar-refractivity contribution in [3.8, 4) is 0 Å². The molecule has 0 atom stereocenters. The number of aryl methyl sites for hydroxylation is 2. The van der Waals surface area contributed by atoms with Crippen molar-refractivity contribution < 1.29 is 9.72 Å². The number of anilines is 3. The Morgan fingerprint density at radius 1 is 1.10 bits per heavy atom. The highest BCUT2D eigenvalue weighted by molar-refractivity contribution is 9.10. The molecule has 9 nitrogen and oxygen atoms in total. The number of hydrogen-bond donors (Lipinski definition) is 3. The first-order valence-electron chi connectivity index (χ1n) is 8.51. The molecule has 1 amide bonds. The monoisotopic (exact) mass is 456 g/mol. The molecule has 2 aromatic carbocycles. The van der Waals surface area contributed by atoms with Gasteiger partial charge in [0, 0.05) is 10.2 Å². The molecule has 3 rings (SSSR count). The number of carbonyl (C=O) groups excluding carboxylic acids is 1. The van der Waals surface area contributed by atoms with Crippen LogP contribution in [0, 0.1) is 24.0 Å². The fraction of sp³-hybridized carbons (Fsp3) is 0.105. The molecule has 0 fully saturated rings. The fourth-order valence-electron chi connectivity index (χ4n) is 2.64. The Morgan fingerprint density at radius 2 is 1.83 bits per heavy atom. The van der Waals surface area contributed by atoms with Gasteiger partial charge in [0.25, 0.3) is 5.91 Å². The Kier molecular flexibility index (Phi) is 6.03. The van der Waals surface area contributed by atoms with Crippen molar-refractivity contribution >= 4 is 44.8 Å². The third-order valence-electron chi connectivity index (χ3n) is 4.05. The van der Waals surface area contributed by atoms with E-state index in [9.17, 15) is 14.9 Å². The van der Waals surface area contributed by atoms with Crippen molar-refractivity contribution in [1.82, 2.24) is 15.4 Å². The molecule has 3 N–H and O–H groups in total. The number of hydrazine groups is 1. The highest BCUT2D eigenvalue weighted by atomic mass is 79.9. The summed E-state index contributed by atoms with van der Waals surface area (Å²) < 4.78 is 0.591. The van der Waals surface area contributed by atoms with Gasteiger partial charge >= 0.3 is 5.69 Å². The average molecular weight is 457 g/mol. The molecule has 10 heteroatoms. The fourth-order valence-corrected chi connectivity index (χ4v) is 3.11. The van der Waals surface area contributed by atoms with Crippen LogP contribution in [0.2, 0.25) is 0 Å². The maximum absolute atomic E-state index is 12.3. The number of nitrogens with one attached hydrogen (secondary N) is 3. The number of nitrogens with zero attached hydrogens (tertiary/aromatic N) is 3. The molecule has 1 aromatic heterocycles. The lowest BCUT2D eigenvalue weighted by molar-refractivity contribution is -0.383. The number of nitro groups is 1. The van der Waals surface area contributed by atoms with Gasteiger partial charge in [0.2, 0.25) is 11.6 Å². The third kappa shape index (κ3) is 4.66. The Balaban J connectivity index is 1.86. The number of halogens is 1. The summed E-state index contributed by atoms with van der Waals surface area (Å²) in [5.41, 5.74) is 7.58. The predicted octanol–water partition coefficient (Wildman–Crippen LogP) is 4.26. The van der Waals surface area contributed by atoms with Crippen LogP contribution >= 0.6 is 15.9 Å². The third-order valence-corrected chi connectivity index (χ3v) is 4.74. The largest absolute Gasteiger partial charge is 0.355 e. The van der Waals surface area contributed by atoms with Gasteiger partial charge in [-0.3, -0.25) is 25.8 Å². The summed E-state index contributed by atoms with van der Waals surface area (Å²) >= 11 is 3.29. The van der Waals surface area contributed by atoms with Crippen LogP contribution < -0.4 is 16.2 Å². The minimum atomic E-state index is -0.612. The average Bonchev–Trinajstić information content (AvgIpc) is 2.68. The maximum atomic E-state index is 12.3. The quantitative estimate of drug-likeness (QED) is 0.373. The zero-order valence-electron chi connectivity index (χ0n) is 15.6. The van der Waals surface area contributed by atoms with E-state index in [-0.39, 0.29) is 17.3 Å². The van der Waals surface area contributed by atoms with E-state index in [0.29, 0.717) is 15.7 Å². The lowest BCUT2D eigenvalue weighted by Crippen LogP contribution is -2.30. The topological polar surface area (TPSA) is 122 Å². The molecule has 0 radical (unpaired) electrons. The van der Waals surface area contributed by atoms with E-state index in [0.717, 1.165) is 11.1 Å². The van der Waals surface area contributed by atoms with E-state index >= 15 is 0 Å². The molecule has 0 aliphatic heterocycles. The van der Waals surface area contributed by atoms with E-state index < -0.39 is 10.8 Å². The van der Waals surface area contributed by atoms with Crippen LogP contribution in [-0.4, -0.2) is 20.8 Å². The molecule has 0 aliphatic rings. The smallest absolute Gasteiger partial charge is 0.334 e. The minimum Gasteiger partial charge on any atom is -0.334 e. The molecule has 29 heavy (non-hydrogen) atoms. The van der Waals surface area contributed by atoms with Gasteiger partial charge in [-0.1, -0.05) is 29.8 Å². The van der Waals surface area contributed by atoms with Gasteiger partial charge in [-0.05, 0) is 53.5 Å². The molecule has 1 heterocycles. The number of aromatic nitrogens is 2. The van der Waals surface area contributed by atoms with Crippen molar-refractivity contribution in [3.05, 3.63) is 80.1 Å². The normalized spacial score (nSPS) is 10.3. The molecular formula is C19H17BrN6O3. The second kappa shape index (κ2) is 8.65. The summed E-state index contributed by atoms with van der Waals surface area (Å²) in [6.07, 6.45) is 1.17. The van der Waals surface area contributed by atoms with Gasteiger partial charge in [0.15, 0.2) is 0 Å². The van der Waals surface area contributed by atoms with E-state index in [1.54, 1.807) is 24.3 Å². The van der Waals surface area contributed by atoms with Crippen molar-refractivity contribution in [3.63, 3.8) is 0 Å². The number of carbonyl (C=O) groups is 1. The standard InChI is InChI=1S/C19H17BrN6O3/c1-11-7-8-15(12(2)9-11)23-17-16(26(28)29)18(22-10-21-17)24-25-19(27)13-5-3-4-6-14(13)20/h3-10H,1-2H3,(H,25,27)(H2,21,22,23,24). The minimum absolute atomic E-state index is 0.00888. The van der Waals surface area contributed by atoms with E-state index in [1.807, 2.05) is 32.0 Å². The summed E-state index contributed by atoms with van der Waals surface area (Å²) in [4.78, 5) is 31.3. The second-order valence-corrected chi connectivity index (χ2v) is 7.03. The SMILES string of the molecule is Cc1ccc(Nc2ncnc(NNC(=O)c3ccccc3Br)c2[N+](=O)[O-])c(C)c1.